The molecule has 0 aromatic carbocycles. The first-order valence-corrected chi connectivity index (χ1v) is 7.97. The molecule has 106 valence electrons. The van der Waals surface area contributed by atoms with E-state index in [4.69, 9.17) is 15.4 Å². The van der Waals surface area contributed by atoms with Gasteiger partial charge < -0.3 is 9.64 Å². The lowest BCUT2D eigenvalue weighted by atomic mass is 10.3. The van der Waals surface area contributed by atoms with Crippen LogP contribution in [0.3, 0.4) is 0 Å². The third kappa shape index (κ3) is 2.75. The molecule has 1 aromatic rings. The van der Waals surface area contributed by atoms with Crippen LogP contribution in [0, 0.1) is 6.92 Å². The van der Waals surface area contributed by atoms with Crippen LogP contribution >= 0.6 is 10.7 Å². The topological polar surface area (TPSA) is 92.4 Å². The van der Waals surface area contributed by atoms with Gasteiger partial charge in [0, 0.05) is 30.9 Å². The average molecular weight is 308 g/mol. The van der Waals surface area contributed by atoms with Gasteiger partial charge in [-0.15, -0.1) is 0 Å². The molecule has 2 heterocycles. The molecule has 2 rings (SSSR count). The van der Waals surface area contributed by atoms with Crippen LogP contribution in [0.15, 0.2) is 4.90 Å². The Bertz CT molecular complexity index is 598. The smallest absolute Gasteiger partial charge is 0.275 e. The lowest BCUT2D eigenvalue weighted by Crippen LogP contribution is -2.31. The van der Waals surface area contributed by atoms with Gasteiger partial charge in [-0.3, -0.25) is 9.89 Å². The number of nitrogens with zero attached hydrogens (tertiary/aromatic N) is 2. The Hall–Kier alpha value is -1.12. The molecule has 1 atom stereocenters. The van der Waals surface area contributed by atoms with Gasteiger partial charge in [0.05, 0.1) is 11.8 Å². The summed E-state index contributed by atoms with van der Waals surface area (Å²) in [4.78, 5) is 13.5. The molecule has 9 heteroatoms. The number of methoxy groups -OCH3 is 1. The zero-order chi connectivity index (χ0) is 14.2. The van der Waals surface area contributed by atoms with E-state index < -0.39 is 15.0 Å². The van der Waals surface area contributed by atoms with Crippen LogP contribution in [0.5, 0.6) is 0 Å². The van der Waals surface area contributed by atoms with Crippen molar-refractivity contribution in [3.63, 3.8) is 0 Å². The Kier molecular flexibility index (Phi) is 3.84. The van der Waals surface area contributed by atoms with Gasteiger partial charge in [-0.25, -0.2) is 8.42 Å². The van der Waals surface area contributed by atoms with Gasteiger partial charge in [-0.2, -0.15) is 5.10 Å². The number of likely N-dealkylation sites (tertiary alicyclic amines) is 1. The summed E-state index contributed by atoms with van der Waals surface area (Å²) in [5.41, 5.74) is 0.0880. The molecule has 0 aliphatic carbocycles. The Balaban J connectivity index is 2.31. The Morgan fingerprint density at radius 3 is 2.79 bits per heavy atom. The van der Waals surface area contributed by atoms with Crippen LogP contribution in [-0.4, -0.2) is 55.7 Å². The molecular weight excluding hydrogens is 294 g/mol. The van der Waals surface area contributed by atoms with E-state index in [1.807, 2.05) is 0 Å². The van der Waals surface area contributed by atoms with Gasteiger partial charge in [-0.1, -0.05) is 0 Å². The first-order chi connectivity index (χ1) is 8.84. The van der Waals surface area contributed by atoms with Crippen molar-refractivity contribution < 1.29 is 17.9 Å². The molecule has 1 fully saturated rings. The number of nitrogens with one attached hydrogen (secondary N) is 1. The normalized spacial score (nSPS) is 19.9. The van der Waals surface area contributed by atoms with Crippen LogP contribution in [0.25, 0.3) is 0 Å². The summed E-state index contributed by atoms with van der Waals surface area (Å²) in [6, 6.07) is 0. The van der Waals surface area contributed by atoms with Gasteiger partial charge in [0.1, 0.15) is 4.90 Å². The predicted octanol–water partition coefficient (Wildman–Crippen LogP) is 0.507. The van der Waals surface area contributed by atoms with Crippen molar-refractivity contribution in [2.45, 2.75) is 24.3 Å². The third-order valence-corrected chi connectivity index (χ3v) is 4.55. The monoisotopic (exact) mass is 307 g/mol. The van der Waals surface area contributed by atoms with E-state index in [0.717, 1.165) is 0 Å². The minimum atomic E-state index is -4.01. The van der Waals surface area contributed by atoms with Crippen LogP contribution in [0.2, 0.25) is 0 Å². The second kappa shape index (κ2) is 5.10. The second-order valence-corrected chi connectivity index (χ2v) is 6.86. The minimum absolute atomic E-state index is 0.0277. The number of amides is 1. The fourth-order valence-corrected chi connectivity index (χ4v) is 3.46. The van der Waals surface area contributed by atoms with Gasteiger partial charge in [0.25, 0.3) is 15.0 Å². The molecular formula is C10H14ClN3O4S. The van der Waals surface area contributed by atoms with Crippen LogP contribution in [-0.2, 0) is 13.8 Å². The first-order valence-electron chi connectivity index (χ1n) is 5.66. The number of aromatic nitrogens is 2. The summed E-state index contributed by atoms with van der Waals surface area (Å²) in [6.07, 6.45) is 0.689. The molecule has 1 saturated heterocycles. The molecule has 1 amide bonds. The zero-order valence-electron chi connectivity index (χ0n) is 10.5. The summed E-state index contributed by atoms with van der Waals surface area (Å²) in [5, 5.41) is 6.24. The van der Waals surface area contributed by atoms with Gasteiger partial charge in [0.15, 0.2) is 5.69 Å². The average Bonchev–Trinajstić information content (AvgIpc) is 2.93. The van der Waals surface area contributed by atoms with Gasteiger partial charge in [-0.05, 0) is 13.3 Å². The van der Waals surface area contributed by atoms with Crippen molar-refractivity contribution in [3.8, 4) is 0 Å². The molecule has 0 bridgehead atoms. The fraction of sp³-hybridized carbons (Fsp3) is 0.600. The number of ether oxygens (including phenoxy) is 1. The Morgan fingerprint density at radius 2 is 2.26 bits per heavy atom. The number of hydrogen-bond acceptors (Lipinski definition) is 5. The Morgan fingerprint density at radius 1 is 1.58 bits per heavy atom. The van der Waals surface area contributed by atoms with Crippen molar-refractivity contribution >= 4 is 25.6 Å². The highest BCUT2D eigenvalue weighted by atomic mass is 35.7. The molecule has 1 aliphatic rings. The van der Waals surface area contributed by atoms with Crippen LogP contribution in [0.4, 0.5) is 0 Å². The Labute approximate surface area is 115 Å². The predicted molar refractivity (Wildman–Crippen MR) is 67.7 cm³/mol. The second-order valence-electron chi connectivity index (χ2n) is 4.36. The van der Waals surface area contributed by atoms with E-state index in [-0.39, 0.29) is 22.4 Å². The molecule has 7 nitrogen and oxygen atoms in total. The van der Waals surface area contributed by atoms with Crippen LogP contribution in [0.1, 0.15) is 22.6 Å². The van der Waals surface area contributed by atoms with E-state index in [2.05, 4.69) is 10.2 Å². The molecule has 1 aromatic heterocycles. The lowest BCUT2D eigenvalue weighted by Gasteiger charge is -2.15. The van der Waals surface area contributed by atoms with Crippen molar-refractivity contribution in [3.05, 3.63) is 11.4 Å². The summed E-state index contributed by atoms with van der Waals surface area (Å²) in [7, 11) is 2.89. The molecule has 1 N–H and O–H groups in total. The van der Waals surface area contributed by atoms with Gasteiger partial charge >= 0.3 is 0 Å². The van der Waals surface area contributed by atoms with Crippen LogP contribution < -0.4 is 0 Å². The molecule has 1 aliphatic heterocycles. The molecule has 19 heavy (non-hydrogen) atoms. The highest BCUT2D eigenvalue weighted by molar-refractivity contribution is 8.13. The lowest BCUT2D eigenvalue weighted by molar-refractivity contribution is 0.0715. The number of halogens is 1. The number of carbonyl (C=O) groups is 1. The number of carbonyl (C=O) groups excluding carboxylic acids is 1. The van der Waals surface area contributed by atoms with Gasteiger partial charge in [0.2, 0.25) is 0 Å². The van der Waals surface area contributed by atoms with E-state index in [0.29, 0.717) is 19.5 Å². The largest absolute Gasteiger partial charge is 0.380 e. The summed E-state index contributed by atoms with van der Waals surface area (Å²) in [5.74, 6) is -0.455. The quantitative estimate of drug-likeness (QED) is 0.821. The standard InChI is InChI=1S/C10H14ClN3O4S/c1-6-9(19(11,16)17)8(13-12-6)10(15)14-4-3-7(5-14)18-2/h7H,3-5H2,1-2H3,(H,12,13). The summed E-state index contributed by atoms with van der Waals surface area (Å²) in [6.45, 7) is 2.43. The molecule has 0 spiro atoms. The van der Waals surface area contributed by atoms with E-state index in [1.165, 1.54) is 11.8 Å². The number of H-pyrrole nitrogens is 1. The minimum Gasteiger partial charge on any atom is -0.380 e. The maximum atomic E-state index is 12.3. The van der Waals surface area contributed by atoms with Crippen molar-refractivity contribution in [2.75, 3.05) is 20.2 Å². The van der Waals surface area contributed by atoms with E-state index >= 15 is 0 Å². The summed E-state index contributed by atoms with van der Waals surface area (Å²) < 4.78 is 28.1. The van der Waals surface area contributed by atoms with Crippen molar-refractivity contribution in [1.29, 1.82) is 0 Å². The number of aromatic amines is 1. The fourth-order valence-electron chi connectivity index (χ4n) is 2.12. The highest BCUT2D eigenvalue weighted by Gasteiger charge is 2.33. The molecule has 0 radical (unpaired) electrons. The number of hydrogen-bond donors (Lipinski definition) is 1. The summed E-state index contributed by atoms with van der Waals surface area (Å²) >= 11 is 0. The SMILES string of the molecule is COC1CCN(C(=O)c2n[nH]c(C)c2S(=O)(=O)Cl)C1. The van der Waals surface area contributed by atoms with Crippen molar-refractivity contribution in [2.24, 2.45) is 0 Å². The number of aryl methyl sites for hydroxylation is 1. The van der Waals surface area contributed by atoms with Crippen molar-refractivity contribution in [1.82, 2.24) is 15.1 Å². The highest BCUT2D eigenvalue weighted by Crippen LogP contribution is 2.24. The maximum Gasteiger partial charge on any atom is 0.275 e. The molecule has 0 saturated carbocycles. The third-order valence-electron chi connectivity index (χ3n) is 3.10. The number of rotatable bonds is 3. The first kappa shape index (κ1) is 14.3. The van der Waals surface area contributed by atoms with E-state index in [9.17, 15) is 13.2 Å². The van der Waals surface area contributed by atoms with E-state index in [1.54, 1.807) is 7.11 Å². The zero-order valence-corrected chi connectivity index (χ0v) is 12.1. The maximum absolute atomic E-state index is 12.3. The molecule has 1 unspecified atom stereocenters.